The van der Waals surface area contributed by atoms with E-state index in [-0.39, 0.29) is 18.5 Å². The van der Waals surface area contributed by atoms with Crippen molar-refractivity contribution in [3.63, 3.8) is 0 Å². The van der Waals surface area contributed by atoms with Gasteiger partial charge in [0.25, 0.3) is 0 Å². The van der Waals surface area contributed by atoms with Crippen LogP contribution in [0.3, 0.4) is 0 Å². The number of carbonyl (C=O) groups is 2. The van der Waals surface area contributed by atoms with Gasteiger partial charge in [-0.1, -0.05) is 6.92 Å². The molecule has 3 atom stereocenters. The monoisotopic (exact) mass is 225 g/mol. The highest BCUT2D eigenvalue weighted by Gasteiger charge is 2.44. The quantitative estimate of drug-likeness (QED) is 0.508. The number of β-lactam (4-membered cyclic amide) rings is 1. The van der Waals surface area contributed by atoms with E-state index in [1.165, 1.54) is 11.8 Å². The number of carbonyl (C=O) groups excluding carboxylic acids is 2. The molecule has 0 saturated carbocycles. The van der Waals surface area contributed by atoms with Crippen LogP contribution in [0.15, 0.2) is 0 Å². The average Bonchev–Trinajstić information content (AvgIpc) is 2.27. The molecule has 1 aliphatic rings. The zero-order valence-electron chi connectivity index (χ0n) is 9.34. The predicted molar refractivity (Wildman–Crippen MR) is 54.9 cm³/mol. The normalized spacial score (nSPS) is 25.6. The fourth-order valence-corrected chi connectivity index (χ4v) is 1.70. The third kappa shape index (κ3) is 2.31. The van der Waals surface area contributed by atoms with Gasteiger partial charge in [-0.05, 0) is 13.3 Å². The first-order chi connectivity index (χ1) is 7.51. The van der Waals surface area contributed by atoms with Crippen LogP contribution in [0.4, 0.5) is 0 Å². The Hall–Kier alpha value is -1.61. The van der Waals surface area contributed by atoms with Gasteiger partial charge in [0, 0.05) is 0 Å². The Morgan fingerprint density at radius 1 is 1.75 bits per heavy atom. The summed E-state index contributed by atoms with van der Waals surface area (Å²) in [5.41, 5.74) is 5.57. The summed E-state index contributed by atoms with van der Waals surface area (Å²) in [6.45, 7) is 3.24. The Morgan fingerprint density at radius 2 is 2.38 bits per heavy atom. The Labute approximate surface area is 93.9 Å². The number of amides is 1. The number of nitrogens with zero attached hydrogens (tertiary/aromatic N) is 2. The van der Waals surface area contributed by atoms with Gasteiger partial charge < -0.3 is 15.4 Å². The molecule has 6 nitrogen and oxygen atoms in total. The van der Waals surface area contributed by atoms with Crippen molar-refractivity contribution >= 4 is 11.9 Å². The number of hydrogen-bond acceptors (Lipinski definition) is 5. The van der Waals surface area contributed by atoms with Crippen LogP contribution in [0.2, 0.25) is 0 Å². The van der Waals surface area contributed by atoms with Crippen molar-refractivity contribution in [2.24, 2.45) is 5.73 Å². The number of likely N-dealkylation sites (tertiary alicyclic amines) is 1. The molecule has 1 rings (SSSR count). The lowest BCUT2D eigenvalue weighted by atomic mass is 9.94. The second kappa shape index (κ2) is 4.94. The van der Waals surface area contributed by atoms with E-state index in [2.05, 4.69) is 0 Å². The molecule has 1 fully saturated rings. The fraction of sp³-hybridized carbons (Fsp3) is 0.700. The van der Waals surface area contributed by atoms with Gasteiger partial charge in [0.15, 0.2) is 6.10 Å². The van der Waals surface area contributed by atoms with Crippen molar-refractivity contribution in [2.75, 3.05) is 6.54 Å². The lowest BCUT2D eigenvalue weighted by molar-refractivity contribution is -0.161. The highest BCUT2D eigenvalue weighted by molar-refractivity contribution is 5.92. The van der Waals surface area contributed by atoms with E-state index in [4.69, 9.17) is 15.7 Å². The van der Waals surface area contributed by atoms with Gasteiger partial charge >= 0.3 is 5.97 Å². The molecule has 1 amide bonds. The number of rotatable bonds is 4. The lowest BCUT2D eigenvalue weighted by Gasteiger charge is -2.44. The van der Waals surface area contributed by atoms with Crippen molar-refractivity contribution in [3.05, 3.63) is 0 Å². The molecule has 1 aliphatic heterocycles. The summed E-state index contributed by atoms with van der Waals surface area (Å²) in [6.07, 6.45) is -0.0915. The van der Waals surface area contributed by atoms with Crippen molar-refractivity contribution in [2.45, 2.75) is 38.5 Å². The van der Waals surface area contributed by atoms with Crippen LogP contribution < -0.4 is 5.73 Å². The molecule has 88 valence electrons. The smallest absolute Gasteiger partial charge is 0.326 e. The second-order valence-corrected chi connectivity index (χ2v) is 3.73. The van der Waals surface area contributed by atoms with Crippen LogP contribution in [0.25, 0.3) is 0 Å². The number of ether oxygens (including phenoxy) is 1. The second-order valence-electron chi connectivity index (χ2n) is 3.73. The Kier molecular flexibility index (Phi) is 3.85. The number of nitriles is 1. The minimum Gasteiger partial charge on any atom is -0.446 e. The molecule has 6 heteroatoms. The van der Waals surface area contributed by atoms with E-state index in [1.807, 2.05) is 6.92 Å². The molecule has 1 saturated heterocycles. The van der Waals surface area contributed by atoms with E-state index >= 15 is 0 Å². The van der Waals surface area contributed by atoms with E-state index in [9.17, 15) is 9.59 Å². The van der Waals surface area contributed by atoms with Crippen molar-refractivity contribution in [1.29, 1.82) is 5.26 Å². The van der Waals surface area contributed by atoms with Crippen LogP contribution in [0.1, 0.15) is 20.3 Å². The van der Waals surface area contributed by atoms with Crippen LogP contribution >= 0.6 is 0 Å². The maximum atomic E-state index is 11.3. The van der Waals surface area contributed by atoms with Gasteiger partial charge in [-0.15, -0.1) is 0 Å². The topological polar surface area (TPSA) is 96.4 Å². The van der Waals surface area contributed by atoms with E-state index in [0.717, 1.165) is 0 Å². The molecule has 0 aromatic carbocycles. The Morgan fingerprint density at radius 3 is 2.88 bits per heavy atom. The summed E-state index contributed by atoms with van der Waals surface area (Å²) in [6, 6.07) is 1.17. The summed E-state index contributed by atoms with van der Waals surface area (Å²) < 4.78 is 4.75. The molecule has 0 radical (unpaired) electrons. The molecular formula is C10H15N3O3. The first-order valence-electron chi connectivity index (χ1n) is 5.16. The first-order valence-corrected chi connectivity index (χ1v) is 5.16. The summed E-state index contributed by atoms with van der Waals surface area (Å²) in [5, 5.41) is 8.45. The van der Waals surface area contributed by atoms with E-state index in [1.54, 1.807) is 6.07 Å². The number of hydrogen-bond donors (Lipinski definition) is 1. The molecule has 16 heavy (non-hydrogen) atoms. The summed E-state index contributed by atoms with van der Waals surface area (Å²) >= 11 is 0. The SMILES string of the molecule is CCC1C(N)C(=O)N1CC(=O)OC(C)C#N. The maximum absolute atomic E-state index is 11.3. The number of nitrogens with two attached hydrogens (primary N) is 1. The summed E-state index contributed by atoms with van der Waals surface area (Å²) in [4.78, 5) is 24.1. The number of esters is 1. The first kappa shape index (κ1) is 12.5. The average molecular weight is 225 g/mol. The highest BCUT2D eigenvalue weighted by Crippen LogP contribution is 2.20. The van der Waals surface area contributed by atoms with Gasteiger partial charge in [-0.25, -0.2) is 0 Å². The predicted octanol–water partition coefficient (Wildman–Crippen LogP) is -0.610. The van der Waals surface area contributed by atoms with Crippen molar-refractivity contribution in [1.82, 2.24) is 4.90 Å². The molecular weight excluding hydrogens is 210 g/mol. The molecule has 0 bridgehead atoms. The van der Waals surface area contributed by atoms with E-state index < -0.39 is 18.1 Å². The fourth-order valence-electron chi connectivity index (χ4n) is 1.70. The van der Waals surface area contributed by atoms with Gasteiger partial charge in [-0.3, -0.25) is 9.59 Å². The molecule has 3 unspecified atom stereocenters. The Bertz CT molecular complexity index is 337. The molecule has 0 aromatic heterocycles. The largest absolute Gasteiger partial charge is 0.446 e. The zero-order chi connectivity index (χ0) is 12.3. The van der Waals surface area contributed by atoms with Crippen LogP contribution in [0.5, 0.6) is 0 Å². The van der Waals surface area contributed by atoms with Gasteiger partial charge in [0.2, 0.25) is 5.91 Å². The summed E-state index contributed by atoms with van der Waals surface area (Å²) in [5.74, 6) is -0.818. The standard InChI is InChI=1S/C10H15N3O3/c1-3-7-9(12)10(15)13(7)5-8(14)16-6(2)4-11/h6-7,9H,3,5,12H2,1-2H3. The molecule has 1 heterocycles. The van der Waals surface area contributed by atoms with E-state index in [0.29, 0.717) is 6.42 Å². The Balaban J connectivity index is 2.46. The van der Waals surface area contributed by atoms with Crippen LogP contribution in [-0.4, -0.2) is 41.5 Å². The van der Waals surface area contributed by atoms with Gasteiger partial charge in [-0.2, -0.15) is 5.26 Å². The maximum Gasteiger partial charge on any atom is 0.326 e. The minimum atomic E-state index is -0.794. The van der Waals surface area contributed by atoms with Gasteiger partial charge in [0.05, 0.1) is 6.04 Å². The molecule has 0 aliphatic carbocycles. The molecule has 2 N–H and O–H groups in total. The van der Waals surface area contributed by atoms with Crippen molar-refractivity contribution < 1.29 is 14.3 Å². The summed E-state index contributed by atoms with van der Waals surface area (Å²) in [7, 11) is 0. The van der Waals surface area contributed by atoms with Gasteiger partial charge in [0.1, 0.15) is 18.7 Å². The van der Waals surface area contributed by atoms with Crippen molar-refractivity contribution in [3.8, 4) is 6.07 Å². The molecule has 0 aromatic rings. The zero-order valence-corrected chi connectivity index (χ0v) is 9.34. The van der Waals surface area contributed by atoms with Crippen LogP contribution in [0, 0.1) is 11.3 Å². The highest BCUT2D eigenvalue weighted by atomic mass is 16.5. The third-order valence-corrected chi connectivity index (χ3v) is 2.59. The minimum absolute atomic E-state index is 0.0996. The van der Waals surface area contributed by atoms with Crippen LogP contribution in [-0.2, 0) is 14.3 Å². The third-order valence-electron chi connectivity index (χ3n) is 2.59. The lowest BCUT2D eigenvalue weighted by Crippen LogP contribution is -2.69. The molecule has 0 spiro atoms.